The van der Waals surface area contributed by atoms with Crippen molar-refractivity contribution in [1.82, 2.24) is 0 Å². The number of nitrogens with one attached hydrogen (secondary N) is 1. The summed E-state index contributed by atoms with van der Waals surface area (Å²) in [5.74, 6) is -1.71. The Labute approximate surface area is 148 Å². The molecule has 2 aliphatic heterocycles. The molecule has 3 aliphatic rings. The van der Waals surface area contributed by atoms with Crippen LogP contribution in [0.3, 0.4) is 0 Å². The Balaban J connectivity index is 2.19. The van der Waals surface area contributed by atoms with E-state index in [9.17, 15) is 15.8 Å². The fourth-order valence-corrected chi connectivity index (χ4v) is 4.98. The zero-order valence-corrected chi connectivity index (χ0v) is 14.7. The third-order valence-electron chi connectivity index (χ3n) is 6.25. The minimum absolute atomic E-state index is 0.246. The molecule has 2 heterocycles. The fourth-order valence-electron chi connectivity index (χ4n) is 4.98. The van der Waals surface area contributed by atoms with Gasteiger partial charge in [0.15, 0.2) is 10.8 Å². The molecule has 2 saturated heterocycles. The average Bonchev–Trinajstić information content (AvgIpc) is 2.77. The molecule has 1 saturated carbocycles. The second-order valence-corrected chi connectivity index (χ2v) is 7.45. The van der Waals surface area contributed by atoms with E-state index in [4.69, 9.17) is 14.9 Å². The summed E-state index contributed by atoms with van der Waals surface area (Å²) >= 11 is 0. The van der Waals surface area contributed by atoms with Crippen molar-refractivity contribution in [3.63, 3.8) is 0 Å². The first-order valence-corrected chi connectivity index (χ1v) is 9.26. The van der Waals surface area contributed by atoms with Crippen LogP contribution in [0.25, 0.3) is 0 Å². The lowest BCUT2D eigenvalue weighted by molar-refractivity contribution is -0.287. The molecule has 2 bridgehead atoms. The molecule has 0 radical (unpaired) electrons. The summed E-state index contributed by atoms with van der Waals surface area (Å²) in [7, 11) is 0. The van der Waals surface area contributed by atoms with Crippen molar-refractivity contribution in [2.45, 2.75) is 76.6 Å². The van der Waals surface area contributed by atoms with Crippen LogP contribution in [-0.4, -0.2) is 17.8 Å². The summed E-state index contributed by atoms with van der Waals surface area (Å²) < 4.78 is 12.3. The van der Waals surface area contributed by atoms with E-state index in [-0.39, 0.29) is 5.90 Å². The second-order valence-electron chi connectivity index (χ2n) is 7.45. The van der Waals surface area contributed by atoms with Gasteiger partial charge >= 0.3 is 0 Å². The van der Waals surface area contributed by atoms with Crippen molar-refractivity contribution in [1.29, 1.82) is 21.2 Å². The third kappa shape index (κ3) is 2.12. The molecule has 4 atom stereocenters. The standard InChI is InChI=1S/C19H24N4O2/c1-2-3-9-15-17(11-20,12-21)18(13-22)14-8-6-4-5-7-10-19(14,24-15)25-16(18)23/h14-15,23H,2-10H2,1H3. The molecule has 6 nitrogen and oxygen atoms in total. The highest BCUT2D eigenvalue weighted by molar-refractivity contribution is 5.89. The molecule has 0 amide bonds. The van der Waals surface area contributed by atoms with E-state index in [0.717, 1.165) is 38.5 Å². The van der Waals surface area contributed by atoms with Gasteiger partial charge in [0.25, 0.3) is 0 Å². The van der Waals surface area contributed by atoms with E-state index in [1.807, 2.05) is 6.92 Å². The predicted molar refractivity (Wildman–Crippen MR) is 88.8 cm³/mol. The number of unbranched alkanes of at least 4 members (excludes halogenated alkanes) is 1. The van der Waals surface area contributed by atoms with Crippen LogP contribution in [0.5, 0.6) is 0 Å². The molecule has 6 heteroatoms. The van der Waals surface area contributed by atoms with Gasteiger partial charge in [-0.25, -0.2) is 0 Å². The number of ether oxygens (including phenoxy) is 2. The van der Waals surface area contributed by atoms with Gasteiger partial charge in [-0.05, 0) is 19.3 Å². The number of nitriles is 3. The quantitative estimate of drug-likeness (QED) is 0.839. The van der Waals surface area contributed by atoms with E-state index >= 15 is 0 Å². The summed E-state index contributed by atoms with van der Waals surface area (Å²) in [4.78, 5) is 0. The number of hydrogen-bond donors (Lipinski definition) is 1. The Morgan fingerprint density at radius 3 is 2.48 bits per heavy atom. The van der Waals surface area contributed by atoms with E-state index in [1.54, 1.807) is 0 Å². The second kappa shape index (κ2) is 6.32. The first kappa shape index (κ1) is 17.7. The molecule has 0 aromatic heterocycles. The first-order chi connectivity index (χ1) is 12.1. The Morgan fingerprint density at radius 2 is 1.84 bits per heavy atom. The Kier molecular flexibility index (Phi) is 4.48. The molecule has 0 spiro atoms. The highest BCUT2D eigenvalue weighted by Crippen LogP contribution is 2.65. The third-order valence-corrected chi connectivity index (χ3v) is 6.25. The molecular formula is C19H24N4O2. The van der Waals surface area contributed by atoms with E-state index in [1.165, 1.54) is 0 Å². The van der Waals surface area contributed by atoms with Crippen molar-refractivity contribution in [3.05, 3.63) is 0 Å². The van der Waals surface area contributed by atoms with Gasteiger partial charge in [-0.15, -0.1) is 0 Å². The Morgan fingerprint density at radius 1 is 1.12 bits per heavy atom. The molecule has 0 aromatic carbocycles. The molecule has 1 N–H and O–H groups in total. The maximum atomic E-state index is 10.1. The molecule has 3 rings (SSSR count). The average molecular weight is 340 g/mol. The van der Waals surface area contributed by atoms with E-state index < -0.39 is 28.6 Å². The summed E-state index contributed by atoms with van der Waals surface area (Å²) in [5, 5.41) is 38.6. The maximum absolute atomic E-state index is 10.1. The highest BCUT2D eigenvalue weighted by Gasteiger charge is 2.79. The van der Waals surface area contributed by atoms with Crippen molar-refractivity contribution in [2.24, 2.45) is 16.7 Å². The van der Waals surface area contributed by atoms with Gasteiger partial charge in [0.1, 0.15) is 0 Å². The van der Waals surface area contributed by atoms with Crippen LogP contribution in [0.1, 0.15) is 64.7 Å². The molecule has 1 aliphatic carbocycles. The maximum Gasteiger partial charge on any atom is 0.217 e. The van der Waals surface area contributed by atoms with Gasteiger partial charge in [0.2, 0.25) is 11.7 Å². The van der Waals surface area contributed by atoms with Crippen LogP contribution in [0.15, 0.2) is 0 Å². The molecule has 132 valence electrons. The van der Waals surface area contributed by atoms with E-state index in [0.29, 0.717) is 19.3 Å². The van der Waals surface area contributed by atoms with Crippen molar-refractivity contribution in [2.75, 3.05) is 0 Å². The van der Waals surface area contributed by atoms with Gasteiger partial charge in [0, 0.05) is 6.42 Å². The van der Waals surface area contributed by atoms with Gasteiger partial charge in [0.05, 0.1) is 30.2 Å². The SMILES string of the molecule is CCCCC1OC23CCCCCCC2C(C#N)(C(=N)O3)C1(C#N)C#N. The summed E-state index contributed by atoms with van der Waals surface area (Å²) in [6.07, 6.45) is 6.67. The van der Waals surface area contributed by atoms with Crippen LogP contribution in [-0.2, 0) is 9.47 Å². The minimum atomic E-state index is -1.70. The van der Waals surface area contributed by atoms with Crippen LogP contribution in [0, 0.1) is 56.2 Å². The number of nitrogens with zero attached hydrogens (tertiary/aromatic N) is 3. The van der Waals surface area contributed by atoms with Gasteiger partial charge < -0.3 is 9.47 Å². The highest BCUT2D eigenvalue weighted by atomic mass is 16.7. The van der Waals surface area contributed by atoms with Crippen LogP contribution >= 0.6 is 0 Å². The topological polar surface area (TPSA) is 114 Å². The number of hydrogen-bond acceptors (Lipinski definition) is 6. The van der Waals surface area contributed by atoms with Crippen LogP contribution in [0.4, 0.5) is 0 Å². The predicted octanol–water partition coefficient (Wildman–Crippen LogP) is 3.79. The zero-order valence-electron chi connectivity index (χ0n) is 14.7. The Hall–Kier alpha value is -2.10. The van der Waals surface area contributed by atoms with E-state index in [2.05, 4.69) is 18.2 Å². The van der Waals surface area contributed by atoms with Gasteiger partial charge in [-0.2, -0.15) is 15.8 Å². The minimum Gasteiger partial charge on any atom is -0.447 e. The fraction of sp³-hybridized carbons (Fsp3) is 0.789. The first-order valence-electron chi connectivity index (χ1n) is 9.26. The van der Waals surface area contributed by atoms with Gasteiger partial charge in [-0.3, -0.25) is 5.41 Å². The lowest BCUT2D eigenvalue weighted by Gasteiger charge is -2.50. The molecule has 3 fully saturated rings. The monoisotopic (exact) mass is 340 g/mol. The molecule has 0 aromatic rings. The summed E-state index contributed by atoms with van der Waals surface area (Å²) in [5.41, 5.74) is -3.23. The van der Waals surface area contributed by atoms with Crippen LogP contribution in [0.2, 0.25) is 0 Å². The normalized spacial score (nSPS) is 38.9. The summed E-state index contributed by atoms with van der Waals surface area (Å²) in [6, 6.07) is 6.45. The zero-order chi connectivity index (χ0) is 18.1. The lowest BCUT2D eigenvalue weighted by Crippen LogP contribution is -2.62. The smallest absolute Gasteiger partial charge is 0.217 e. The largest absolute Gasteiger partial charge is 0.447 e. The molecule has 4 unspecified atom stereocenters. The van der Waals surface area contributed by atoms with Gasteiger partial charge in [-0.1, -0.05) is 39.0 Å². The van der Waals surface area contributed by atoms with Crippen LogP contribution < -0.4 is 0 Å². The summed E-state index contributed by atoms with van der Waals surface area (Å²) in [6.45, 7) is 2.04. The van der Waals surface area contributed by atoms with Crippen molar-refractivity contribution >= 4 is 5.90 Å². The Bertz CT molecular complexity index is 671. The number of rotatable bonds is 3. The molecular weight excluding hydrogens is 316 g/mol. The van der Waals surface area contributed by atoms with Crippen molar-refractivity contribution in [3.8, 4) is 18.2 Å². The van der Waals surface area contributed by atoms with Crippen molar-refractivity contribution < 1.29 is 9.47 Å². The lowest BCUT2D eigenvalue weighted by atomic mass is 9.52. The molecule has 25 heavy (non-hydrogen) atoms.